The van der Waals surface area contributed by atoms with Gasteiger partial charge in [0.1, 0.15) is 11.6 Å². The molecule has 0 aliphatic carbocycles. The summed E-state index contributed by atoms with van der Waals surface area (Å²) in [5.74, 6) is -2.36. The monoisotopic (exact) mass is 591 g/mol. The average molecular weight is 592 g/mol. The van der Waals surface area contributed by atoms with E-state index in [1.54, 1.807) is 51.1 Å². The largest absolute Gasteiger partial charge is 0.396 e. The summed E-state index contributed by atoms with van der Waals surface area (Å²) in [4.78, 5) is 48.3. The van der Waals surface area contributed by atoms with Crippen LogP contribution in [-0.2, 0) is 19.1 Å². The first-order valence-corrected chi connectivity index (χ1v) is 14.9. The molecule has 1 N–H and O–H groups in total. The number of unbranched alkanes of at least 4 members (excludes halogenated alkanes) is 1. The van der Waals surface area contributed by atoms with Crippen molar-refractivity contribution >= 4 is 40.7 Å². The molecule has 8 nitrogen and oxygen atoms in total. The van der Waals surface area contributed by atoms with E-state index < -0.39 is 29.1 Å². The van der Waals surface area contributed by atoms with Gasteiger partial charge in [-0.05, 0) is 69.0 Å². The van der Waals surface area contributed by atoms with Gasteiger partial charge in [-0.15, -0.1) is 13.2 Å². The maximum absolute atomic E-state index is 14.6. The molecule has 3 saturated heterocycles. The molecular formula is C33H38ClN3O5. The van der Waals surface area contributed by atoms with E-state index in [4.69, 9.17) is 16.3 Å². The van der Waals surface area contributed by atoms with E-state index in [1.165, 1.54) is 0 Å². The highest BCUT2D eigenvalue weighted by atomic mass is 35.5. The van der Waals surface area contributed by atoms with Crippen LogP contribution in [0.15, 0.2) is 79.9 Å². The molecular weight excluding hydrogens is 554 g/mol. The minimum Gasteiger partial charge on any atom is -0.396 e. The SMILES string of the molecule is C=CCN(C(=O)C1N(CCCCO)C(=O)[C@@H]2[C@@H](C(=O)N(CC=C)c3ccccc3)[C@@]3(C)CCC12O3)c1ccc(Cl)cc1. The van der Waals surface area contributed by atoms with Gasteiger partial charge in [-0.1, -0.05) is 42.0 Å². The molecule has 3 fully saturated rings. The molecule has 0 aromatic heterocycles. The molecule has 3 aliphatic rings. The Kier molecular flexibility index (Phi) is 8.60. The molecule has 0 radical (unpaired) electrons. The summed E-state index contributed by atoms with van der Waals surface area (Å²) in [6.45, 7) is 10.3. The number of benzene rings is 2. The van der Waals surface area contributed by atoms with Crippen LogP contribution < -0.4 is 9.80 Å². The van der Waals surface area contributed by atoms with Gasteiger partial charge in [-0.3, -0.25) is 14.4 Å². The number of aliphatic hydroxyl groups excluding tert-OH is 1. The molecule has 2 unspecified atom stereocenters. The third kappa shape index (κ3) is 4.95. The number of hydrogen-bond acceptors (Lipinski definition) is 5. The van der Waals surface area contributed by atoms with E-state index in [2.05, 4.69) is 13.2 Å². The summed E-state index contributed by atoms with van der Waals surface area (Å²) >= 11 is 6.13. The number of ether oxygens (including phenoxy) is 1. The maximum Gasteiger partial charge on any atom is 0.253 e. The highest BCUT2D eigenvalue weighted by molar-refractivity contribution is 6.30. The number of hydrogen-bond donors (Lipinski definition) is 1. The summed E-state index contributed by atoms with van der Waals surface area (Å²) in [6, 6.07) is 15.3. The molecule has 0 saturated carbocycles. The van der Waals surface area contributed by atoms with E-state index in [-0.39, 0.29) is 44.0 Å². The molecule has 3 amide bonds. The molecule has 42 heavy (non-hydrogen) atoms. The second-order valence-corrected chi connectivity index (χ2v) is 11.9. The summed E-state index contributed by atoms with van der Waals surface area (Å²) in [5.41, 5.74) is -0.740. The lowest BCUT2D eigenvalue weighted by molar-refractivity contribution is -0.144. The number of fused-ring (bicyclic) bond motifs is 1. The van der Waals surface area contributed by atoms with Gasteiger partial charge in [-0.2, -0.15) is 0 Å². The number of carbonyl (C=O) groups excluding carboxylic acids is 3. The van der Waals surface area contributed by atoms with Gasteiger partial charge < -0.3 is 24.5 Å². The number of anilines is 2. The van der Waals surface area contributed by atoms with Crippen molar-refractivity contribution in [2.45, 2.75) is 49.9 Å². The number of amides is 3. The molecule has 3 heterocycles. The fraction of sp³-hybridized carbons (Fsp3) is 0.424. The molecule has 9 heteroatoms. The smallest absolute Gasteiger partial charge is 0.253 e. The van der Waals surface area contributed by atoms with Crippen molar-refractivity contribution in [3.63, 3.8) is 0 Å². The lowest BCUT2D eigenvalue weighted by Crippen LogP contribution is -2.56. The van der Waals surface area contributed by atoms with Crippen LogP contribution in [0.5, 0.6) is 0 Å². The van der Waals surface area contributed by atoms with Crippen molar-refractivity contribution in [1.82, 2.24) is 4.90 Å². The number of nitrogens with zero attached hydrogens (tertiary/aromatic N) is 3. The molecule has 5 rings (SSSR count). The number of para-hydroxylation sites is 1. The Hall–Kier alpha value is -3.46. The van der Waals surface area contributed by atoms with Crippen LogP contribution in [-0.4, -0.2) is 71.2 Å². The lowest BCUT2D eigenvalue weighted by atomic mass is 9.66. The van der Waals surface area contributed by atoms with E-state index in [0.717, 1.165) is 0 Å². The number of rotatable bonds is 12. The molecule has 1 spiro atoms. The number of likely N-dealkylation sites (tertiary alicyclic amines) is 1. The van der Waals surface area contributed by atoms with Crippen LogP contribution in [0.2, 0.25) is 5.02 Å². The Morgan fingerprint density at radius 3 is 2.24 bits per heavy atom. The van der Waals surface area contributed by atoms with E-state index in [0.29, 0.717) is 42.1 Å². The molecule has 222 valence electrons. The third-order valence-corrected chi connectivity index (χ3v) is 9.20. The second kappa shape index (κ2) is 12.0. The normalized spacial score (nSPS) is 27.5. The third-order valence-electron chi connectivity index (χ3n) is 8.95. The zero-order valence-electron chi connectivity index (χ0n) is 24.0. The fourth-order valence-corrected chi connectivity index (χ4v) is 7.29. The molecule has 2 aromatic rings. The van der Waals surface area contributed by atoms with Crippen molar-refractivity contribution in [1.29, 1.82) is 0 Å². The Labute approximate surface area is 252 Å². The molecule has 2 aromatic carbocycles. The number of halogens is 1. The van der Waals surface area contributed by atoms with Gasteiger partial charge in [0, 0.05) is 42.6 Å². The summed E-state index contributed by atoms with van der Waals surface area (Å²) < 4.78 is 6.81. The van der Waals surface area contributed by atoms with Gasteiger partial charge >= 0.3 is 0 Å². The molecule has 2 bridgehead atoms. The van der Waals surface area contributed by atoms with Crippen LogP contribution in [0.1, 0.15) is 32.6 Å². The van der Waals surface area contributed by atoms with Crippen molar-refractivity contribution in [3.05, 3.63) is 84.9 Å². The molecule has 5 atom stereocenters. The van der Waals surface area contributed by atoms with Gasteiger partial charge in [0.15, 0.2) is 0 Å². The zero-order valence-corrected chi connectivity index (χ0v) is 24.7. The first-order valence-electron chi connectivity index (χ1n) is 14.5. The number of carbonyl (C=O) groups is 3. The van der Waals surface area contributed by atoms with Gasteiger partial charge in [0.2, 0.25) is 11.8 Å². The van der Waals surface area contributed by atoms with Gasteiger partial charge in [-0.25, -0.2) is 0 Å². The standard InChI is InChI=1S/C33H38ClN3O5/c1-4-19-35(24-11-7-6-8-12-24)29(39)26-27-30(40)37(21-9-10-22-38)28(33(27)18-17-32(26,3)42-33)31(41)36(20-5-2)25-15-13-23(34)14-16-25/h4-8,11-16,26-28,38H,1-2,9-10,17-22H2,3H3/t26-,27-,28?,32+,33?/m0/s1. The van der Waals surface area contributed by atoms with Crippen molar-refractivity contribution in [2.24, 2.45) is 11.8 Å². The van der Waals surface area contributed by atoms with Crippen molar-refractivity contribution in [2.75, 3.05) is 36.0 Å². The Bertz CT molecular complexity index is 1350. The van der Waals surface area contributed by atoms with Crippen LogP contribution in [0.4, 0.5) is 11.4 Å². The van der Waals surface area contributed by atoms with Crippen molar-refractivity contribution in [3.8, 4) is 0 Å². The second-order valence-electron chi connectivity index (χ2n) is 11.5. The van der Waals surface area contributed by atoms with Crippen LogP contribution in [0.25, 0.3) is 0 Å². The Morgan fingerprint density at radius 2 is 1.62 bits per heavy atom. The van der Waals surface area contributed by atoms with Crippen molar-refractivity contribution < 1.29 is 24.2 Å². The minimum atomic E-state index is -1.16. The first-order chi connectivity index (χ1) is 20.2. The maximum atomic E-state index is 14.6. The Morgan fingerprint density at radius 1 is 1.00 bits per heavy atom. The van der Waals surface area contributed by atoms with E-state index in [9.17, 15) is 19.5 Å². The zero-order chi connectivity index (χ0) is 30.1. The van der Waals surface area contributed by atoms with Crippen LogP contribution in [0.3, 0.4) is 0 Å². The van der Waals surface area contributed by atoms with Gasteiger partial charge in [0.25, 0.3) is 5.91 Å². The molecule has 3 aliphatic heterocycles. The van der Waals surface area contributed by atoms with Crippen LogP contribution in [0, 0.1) is 11.8 Å². The van der Waals surface area contributed by atoms with Gasteiger partial charge in [0.05, 0.1) is 17.4 Å². The first kappa shape index (κ1) is 30.0. The summed E-state index contributed by atoms with van der Waals surface area (Å²) in [6.07, 6.45) is 5.33. The van der Waals surface area contributed by atoms with E-state index >= 15 is 0 Å². The highest BCUT2D eigenvalue weighted by Crippen LogP contribution is 2.63. The van der Waals surface area contributed by atoms with Crippen LogP contribution >= 0.6 is 11.6 Å². The summed E-state index contributed by atoms with van der Waals surface area (Å²) in [5, 5.41) is 10.0. The topological polar surface area (TPSA) is 90.4 Å². The summed E-state index contributed by atoms with van der Waals surface area (Å²) in [7, 11) is 0. The fourth-order valence-electron chi connectivity index (χ4n) is 7.16. The predicted octanol–water partition coefficient (Wildman–Crippen LogP) is 4.62. The quantitative estimate of drug-likeness (QED) is 0.287. The number of aliphatic hydroxyl groups is 1. The lowest BCUT2D eigenvalue weighted by Gasteiger charge is -2.37. The highest BCUT2D eigenvalue weighted by Gasteiger charge is 2.78. The minimum absolute atomic E-state index is 0.0220. The predicted molar refractivity (Wildman–Crippen MR) is 163 cm³/mol. The Balaban J connectivity index is 1.58. The van der Waals surface area contributed by atoms with E-state index in [1.807, 2.05) is 37.3 Å². The average Bonchev–Trinajstić information content (AvgIpc) is 3.56.